The van der Waals surface area contributed by atoms with E-state index in [4.69, 9.17) is 9.72 Å². The maximum atomic E-state index is 13.3. The Balaban J connectivity index is 1.39. The van der Waals surface area contributed by atoms with E-state index in [2.05, 4.69) is 20.3 Å². The van der Waals surface area contributed by atoms with Gasteiger partial charge in [0.2, 0.25) is 0 Å². The van der Waals surface area contributed by atoms with Crippen LogP contribution in [-0.4, -0.2) is 52.0 Å². The fraction of sp³-hybridized carbons (Fsp3) is 0.280. The van der Waals surface area contributed by atoms with Gasteiger partial charge in [0.05, 0.1) is 35.6 Å². The van der Waals surface area contributed by atoms with Gasteiger partial charge in [0, 0.05) is 38.4 Å². The van der Waals surface area contributed by atoms with Crippen LogP contribution in [0.4, 0.5) is 5.82 Å². The van der Waals surface area contributed by atoms with E-state index in [-0.39, 0.29) is 5.91 Å². The van der Waals surface area contributed by atoms with Crippen molar-refractivity contribution in [2.24, 2.45) is 7.05 Å². The molecular weight excluding hydrogens is 416 g/mol. The molecule has 8 nitrogen and oxygen atoms in total. The highest BCUT2D eigenvalue weighted by atomic mass is 16.5. The monoisotopic (exact) mass is 442 g/mol. The number of anilines is 1. The Labute approximate surface area is 192 Å². The van der Waals surface area contributed by atoms with Crippen LogP contribution in [0.2, 0.25) is 0 Å². The number of aryl methyl sites for hydroxylation is 2. The number of amides is 1. The van der Waals surface area contributed by atoms with E-state index in [1.165, 1.54) is 0 Å². The number of ether oxygens (including phenoxy) is 1. The minimum absolute atomic E-state index is 0.159. The smallest absolute Gasteiger partial charge is 0.252 e. The summed E-state index contributed by atoms with van der Waals surface area (Å²) in [6.07, 6.45) is 1.82. The van der Waals surface area contributed by atoms with Crippen molar-refractivity contribution < 1.29 is 9.53 Å². The molecule has 1 aromatic carbocycles. The van der Waals surface area contributed by atoms with Crippen LogP contribution in [-0.2, 0) is 18.3 Å². The average molecular weight is 443 g/mol. The molecule has 8 heteroatoms. The van der Waals surface area contributed by atoms with Crippen molar-refractivity contribution in [1.29, 1.82) is 0 Å². The normalized spacial score (nSPS) is 13.9. The second-order valence-electron chi connectivity index (χ2n) is 8.14. The molecule has 168 valence electrons. The summed E-state index contributed by atoms with van der Waals surface area (Å²) in [5, 5.41) is 8.31. The Morgan fingerprint density at radius 1 is 1.12 bits per heavy atom. The van der Waals surface area contributed by atoms with E-state index in [1.54, 1.807) is 4.68 Å². The maximum absolute atomic E-state index is 13.3. The number of hydrogen-bond donors (Lipinski definition) is 1. The van der Waals surface area contributed by atoms with Crippen molar-refractivity contribution in [3.8, 4) is 11.3 Å². The molecule has 0 bridgehead atoms. The minimum atomic E-state index is -0.159. The Morgan fingerprint density at radius 2 is 1.91 bits per heavy atom. The van der Waals surface area contributed by atoms with Gasteiger partial charge in [-0.05, 0) is 24.6 Å². The molecule has 4 aromatic rings. The van der Waals surface area contributed by atoms with E-state index >= 15 is 0 Å². The van der Waals surface area contributed by atoms with E-state index in [1.807, 2.05) is 68.7 Å². The molecule has 1 N–H and O–H groups in total. The quantitative estimate of drug-likeness (QED) is 0.511. The van der Waals surface area contributed by atoms with Crippen LogP contribution in [0.15, 0.2) is 54.7 Å². The SMILES string of the molecule is Cc1nn(C)c2nc(-c3ccccc3)cc(C(=O)NCc3ccc(N4CCOCC4)nc3)c12. The lowest BCUT2D eigenvalue weighted by Gasteiger charge is -2.27. The molecule has 4 heterocycles. The zero-order valence-electron chi connectivity index (χ0n) is 18.8. The third-order valence-electron chi connectivity index (χ3n) is 5.88. The third-order valence-corrected chi connectivity index (χ3v) is 5.88. The number of morpholine rings is 1. The predicted molar refractivity (Wildman–Crippen MR) is 127 cm³/mol. The van der Waals surface area contributed by atoms with E-state index in [9.17, 15) is 4.79 Å². The molecule has 1 saturated heterocycles. The number of aromatic nitrogens is 4. The molecule has 0 aliphatic carbocycles. The lowest BCUT2D eigenvalue weighted by Crippen LogP contribution is -2.36. The van der Waals surface area contributed by atoms with Gasteiger partial charge >= 0.3 is 0 Å². The zero-order chi connectivity index (χ0) is 22.8. The van der Waals surface area contributed by atoms with Crippen LogP contribution in [0.1, 0.15) is 21.6 Å². The fourth-order valence-corrected chi connectivity index (χ4v) is 4.16. The minimum Gasteiger partial charge on any atom is -0.378 e. The summed E-state index contributed by atoms with van der Waals surface area (Å²) in [5.74, 6) is 0.774. The van der Waals surface area contributed by atoms with Gasteiger partial charge in [-0.15, -0.1) is 0 Å². The van der Waals surface area contributed by atoms with Crippen molar-refractivity contribution in [2.45, 2.75) is 13.5 Å². The average Bonchev–Trinajstić information content (AvgIpc) is 3.16. The number of hydrogen-bond acceptors (Lipinski definition) is 6. The highest BCUT2D eigenvalue weighted by Gasteiger charge is 2.19. The van der Waals surface area contributed by atoms with E-state index < -0.39 is 0 Å². The van der Waals surface area contributed by atoms with Crippen molar-refractivity contribution in [3.05, 3.63) is 71.5 Å². The van der Waals surface area contributed by atoms with Gasteiger partial charge in [-0.25, -0.2) is 9.97 Å². The first kappa shape index (κ1) is 21.1. The number of nitrogens with one attached hydrogen (secondary N) is 1. The Hall–Kier alpha value is -3.78. The van der Waals surface area contributed by atoms with Gasteiger partial charge < -0.3 is 15.0 Å². The molecule has 0 atom stereocenters. The number of pyridine rings is 2. The number of fused-ring (bicyclic) bond motifs is 1. The van der Waals surface area contributed by atoms with Crippen LogP contribution in [0.25, 0.3) is 22.3 Å². The molecular formula is C25H26N6O2. The summed E-state index contributed by atoms with van der Waals surface area (Å²) in [5.41, 5.74) is 4.68. The molecule has 0 unspecified atom stereocenters. The molecule has 5 rings (SSSR count). The molecule has 0 saturated carbocycles. The third kappa shape index (κ3) is 4.29. The number of nitrogens with zero attached hydrogens (tertiary/aromatic N) is 5. The van der Waals surface area contributed by atoms with Crippen molar-refractivity contribution >= 4 is 22.8 Å². The lowest BCUT2D eigenvalue weighted by molar-refractivity contribution is 0.0952. The summed E-state index contributed by atoms with van der Waals surface area (Å²) in [7, 11) is 1.85. The highest BCUT2D eigenvalue weighted by molar-refractivity contribution is 6.07. The molecule has 1 aliphatic rings. The van der Waals surface area contributed by atoms with Crippen molar-refractivity contribution in [2.75, 3.05) is 31.2 Å². The van der Waals surface area contributed by atoms with Gasteiger partial charge in [0.1, 0.15) is 5.82 Å². The van der Waals surface area contributed by atoms with Crippen LogP contribution in [0.3, 0.4) is 0 Å². The second kappa shape index (κ2) is 8.99. The van der Waals surface area contributed by atoms with Gasteiger partial charge in [0.15, 0.2) is 5.65 Å². The number of benzene rings is 1. The zero-order valence-corrected chi connectivity index (χ0v) is 18.8. The van der Waals surface area contributed by atoms with Gasteiger partial charge in [-0.2, -0.15) is 5.10 Å². The molecule has 0 radical (unpaired) electrons. The maximum Gasteiger partial charge on any atom is 0.252 e. The standard InChI is InChI=1S/C25H26N6O2/c1-17-23-20(14-21(19-6-4-3-5-7-19)28-24(23)30(2)29-17)25(32)27-16-18-8-9-22(26-15-18)31-10-12-33-13-11-31/h3-9,14-15H,10-13,16H2,1-2H3,(H,27,32). The first-order valence-corrected chi connectivity index (χ1v) is 11.1. The summed E-state index contributed by atoms with van der Waals surface area (Å²) < 4.78 is 7.13. The molecule has 3 aromatic heterocycles. The largest absolute Gasteiger partial charge is 0.378 e. The molecule has 1 fully saturated rings. The molecule has 1 amide bonds. The van der Waals surface area contributed by atoms with Crippen molar-refractivity contribution in [3.63, 3.8) is 0 Å². The van der Waals surface area contributed by atoms with E-state index in [0.717, 1.165) is 60.0 Å². The van der Waals surface area contributed by atoms with Crippen molar-refractivity contribution in [1.82, 2.24) is 25.1 Å². The first-order valence-electron chi connectivity index (χ1n) is 11.1. The Bertz CT molecular complexity index is 1280. The van der Waals surface area contributed by atoms with E-state index in [0.29, 0.717) is 17.8 Å². The number of carbonyl (C=O) groups is 1. The summed E-state index contributed by atoms with van der Waals surface area (Å²) in [4.78, 5) is 24.8. The van der Waals surface area contributed by atoms with Crippen LogP contribution < -0.4 is 10.2 Å². The predicted octanol–water partition coefficient (Wildman–Crippen LogP) is 3.11. The molecule has 1 aliphatic heterocycles. The summed E-state index contributed by atoms with van der Waals surface area (Å²) in [6.45, 7) is 5.41. The number of carbonyl (C=O) groups excluding carboxylic acids is 1. The molecule has 0 spiro atoms. The summed E-state index contributed by atoms with van der Waals surface area (Å²) in [6, 6.07) is 15.7. The fourth-order valence-electron chi connectivity index (χ4n) is 4.16. The van der Waals surface area contributed by atoms with Gasteiger partial charge in [0.25, 0.3) is 5.91 Å². The van der Waals surface area contributed by atoms with Crippen LogP contribution in [0, 0.1) is 6.92 Å². The lowest BCUT2D eigenvalue weighted by atomic mass is 10.0. The highest BCUT2D eigenvalue weighted by Crippen LogP contribution is 2.27. The topological polar surface area (TPSA) is 85.2 Å². The first-order chi connectivity index (χ1) is 16.1. The second-order valence-corrected chi connectivity index (χ2v) is 8.14. The van der Waals surface area contributed by atoms with Gasteiger partial charge in [-0.3, -0.25) is 9.48 Å². The summed E-state index contributed by atoms with van der Waals surface area (Å²) >= 11 is 0. The Morgan fingerprint density at radius 3 is 2.64 bits per heavy atom. The van der Waals surface area contributed by atoms with Crippen LogP contribution in [0.5, 0.6) is 0 Å². The molecule has 33 heavy (non-hydrogen) atoms. The Kier molecular flexibility index (Phi) is 5.75. The number of rotatable bonds is 5. The van der Waals surface area contributed by atoms with Crippen LogP contribution >= 0.6 is 0 Å². The van der Waals surface area contributed by atoms with Gasteiger partial charge in [-0.1, -0.05) is 36.4 Å².